The summed E-state index contributed by atoms with van der Waals surface area (Å²) in [6.45, 7) is 1.03. The van der Waals surface area contributed by atoms with E-state index < -0.39 is 53.4 Å². The molecule has 2 rings (SSSR count). The highest BCUT2D eigenvalue weighted by Gasteiger charge is 2.53. The predicted octanol–water partition coefficient (Wildman–Crippen LogP) is -3.61. The number of rotatable bonds is 10. The van der Waals surface area contributed by atoms with Crippen LogP contribution in [-0.4, -0.2) is 83.6 Å². The Labute approximate surface area is 164 Å². The molecule has 0 unspecified atom stereocenters. The number of amides is 1. The largest absolute Gasteiger partial charge is 0.480 e. The van der Waals surface area contributed by atoms with Gasteiger partial charge in [0, 0.05) is 31.1 Å². The Hall–Kier alpha value is -1.29. The first-order valence-electron chi connectivity index (χ1n) is 9.08. The van der Waals surface area contributed by atoms with Crippen LogP contribution in [0.15, 0.2) is 0 Å². The van der Waals surface area contributed by atoms with Crippen LogP contribution in [0, 0.1) is 5.92 Å². The summed E-state index contributed by atoms with van der Waals surface area (Å²) in [4.78, 5) is 23.2. The fraction of sp³-hybridized carbons (Fsp3) is 0.857. The fourth-order valence-electron chi connectivity index (χ4n) is 3.28. The van der Waals surface area contributed by atoms with Gasteiger partial charge in [0.05, 0.1) is 6.04 Å². The molecule has 0 bridgehead atoms. The van der Waals surface area contributed by atoms with Crippen molar-refractivity contribution < 1.29 is 33.2 Å². The Bertz CT molecular complexity index is 706. The molecule has 14 heteroatoms. The van der Waals surface area contributed by atoms with Crippen molar-refractivity contribution in [3.8, 4) is 0 Å². The zero-order valence-electron chi connectivity index (χ0n) is 15.6. The average molecular weight is 421 g/mol. The van der Waals surface area contributed by atoms with Crippen molar-refractivity contribution in [2.75, 3.05) is 13.1 Å². The third kappa shape index (κ3) is 5.40. The minimum Gasteiger partial charge on any atom is -0.480 e. The van der Waals surface area contributed by atoms with Gasteiger partial charge in [-0.25, -0.2) is 0 Å². The van der Waals surface area contributed by atoms with Crippen molar-refractivity contribution in [1.29, 1.82) is 0 Å². The van der Waals surface area contributed by atoms with Gasteiger partial charge in [-0.15, -0.1) is 0 Å². The molecule has 1 saturated carbocycles. The van der Waals surface area contributed by atoms with Gasteiger partial charge in [0.1, 0.15) is 5.54 Å². The summed E-state index contributed by atoms with van der Waals surface area (Å²) < 4.78 is 28.7. The van der Waals surface area contributed by atoms with Crippen molar-refractivity contribution in [2.45, 2.75) is 56.2 Å². The van der Waals surface area contributed by atoms with Crippen LogP contribution in [0.25, 0.3) is 0 Å². The molecule has 0 aromatic carbocycles. The quantitative estimate of drug-likeness (QED) is 0.174. The number of carboxylic acids is 1. The second-order valence-corrected chi connectivity index (χ2v) is 9.32. The predicted molar refractivity (Wildman–Crippen MR) is 99.9 cm³/mol. The summed E-state index contributed by atoms with van der Waals surface area (Å²) in [5, 5.41) is 30.0. The smallest absolute Gasteiger partial charge is 0.451 e. The molecule has 1 heterocycles. The molecule has 160 valence electrons. The molecule has 0 spiro atoms. The van der Waals surface area contributed by atoms with E-state index >= 15 is 0 Å². The number of nitrogens with two attached hydrogens (primary N) is 2. The van der Waals surface area contributed by atoms with Crippen molar-refractivity contribution in [3.05, 3.63) is 0 Å². The number of nitrogens with one attached hydrogen (secondary N) is 2. The van der Waals surface area contributed by atoms with Gasteiger partial charge in [-0.1, -0.05) is 6.42 Å². The van der Waals surface area contributed by atoms with Crippen LogP contribution < -0.4 is 21.5 Å². The van der Waals surface area contributed by atoms with Gasteiger partial charge in [0.2, 0.25) is 5.91 Å². The van der Waals surface area contributed by atoms with Crippen LogP contribution in [0.3, 0.4) is 0 Å². The third-order valence-electron chi connectivity index (χ3n) is 5.18. The second-order valence-electron chi connectivity index (χ2n) is 7.62. The van der Waals surface area contributed by atoms with Crippen LogP contribution >= 0.6 is 0 Å². The van der Waals surface area contributed by atoms with Gasteiger partial charge >= 0.3 is 13.1 Å². The summed E-state index contributed by atoms with van der Waals surface area (Å²) >= 11 is 0. The fourth-order valence-corrected chi connectivity index (χ4v) is 4.83. The molecule has 28 heavy (non-hydrogen) atoms. The first kappa shape index (κ1) is 23.0. The van der Waals surface area contributed by atoms with Crippen LogP contribution in [0.4, 0.5) is 0 Å². The van der Waals surface area contributed by atoms with Gasteiger partial charge < -0.3 is 31.9 Å². The van der Waals surface area contributed by atoms with Gasteiger partial charge in [-0.3, -0.25) is 9.59 Å². The number of aliphatic carboxylic acids is 1. The van der Waals surface area contributed by atoms with Crippen molar-refractivity contribution in [1.82, 2.24) is 14.3 Å². The van der Waals surface area contributed by atoms with Crippen LogP contribution in [0.1, 0.15) is 26.2 Å². The van der Waals surface area contributed by atoms with Crippen molar-refractivity contribution in [2.24, 2.45) is 17.4 Å². The van der Waals surface area contributed by atoms with Crippen molar-refractivity contribution >= 4 is 29.2 Å². The Morgan fingerprint density at radius 3 is 2.54 bits per heavy atom. The molecule has 1 aliphatic carbocycles. The number of hydrogen-bond acceptors (Lipinski definition) is 8. The normalized spacial score (nSPS) is 31.4. The molecule has 1 saturated heterocycles. The van der Waals surface area contributed by atoms with Gasteiger partial charge in [0.15, 0.2) is 0 Å². The lowest BCUT2D eigenvalue weighted by atomic mass is 9.78. The molecule has 2 fully saturated rings. The Morgan fingerprint density at radius 1 is 1.36 bits per heavy atom. The van der Waals surface area contributed by atoms with E-state index in [1.54, 1.807) is 0 Å². The van der Waals surface area contributed by atoms with E-state index in [1.807, 2.05) is 0 Å². The molecule has 12 nitrogen and oxygen atoms in total. The standard InChI is InChI=1S/C14H28BN5O7S/c1-8(16)12(21)18-10-5-11(10)19-28(26,27)20-6-9(3-2-4-15(24)25)14(17,7-20)13(22)23/h8-11,19,24-25H,2-7,16-17H2,1H3,(H,18,21)(H,22,23)/t8-,9-,10+,11+,14-/m0/s1. The van der Waals surface area contributed by atoms with E-state index in [2.05, 4.69) is 10.0 Å². The molecule has 2 aliphatic rings. The Kier molecular flexibility index (Phi) is 7.07. The lowest BCUT2D eigenvalue weighted by molar-refractivity contribution is -0.144. The van der Waals surface area contributed by atoms with Crippen LogP contribution in [0.2, 0.25) is 6.32 Å². The highest BCUT2D eigenvalue weighted by atomic mass is 32.2. The van der Waals surface area contributed by atoms with Gasteiger partial charge in [-0.05, 0) is 26.1 Å². The van der Waals surface area contributed by atoms with Gasteiger partial charge in [-0.2, -0.15) is 17.4 Å². The zero-order valence-corrected chi connectivity index (χ0v) is 16.4. The summed E-state index contributed by atoms with van der Waals surface area (Å²) in [6, 6.07) is -1.56. The summed E-state index contributed by atoms with van der Waals surface area (Å²) in [5.41, 5.74) is 9.69. The molecule has 1 amide bonds. The highest BCUT2D eigenvalue weighted by molar-refractivity contribution is 7.87. The van der Waals surface area contributed by atoms with E-state index in [-0.39, 0.29) is 31.2 Å². The number of carbonyl (C=O) groups is 2. The minimum atomic E-state index is -4.01. The van der Waals surface area contributed by atoms with Crippen LogP contribution in [-0.2, 0) is 19.8 Å². The maximum Gasteiger partial charge on any atom is 0.451 e. The summed E-state index contributed by atoms with van der Waals surface area (Å²) in [6.07, 6.45) is 0.989. The number of nitrogens with zero attached hydrogens (tertiary/aromatic N) is 1. The maximum atomic E-state index is 12.6. The molecule has 1 aliphatic heterocycles. The lowest BCUT2D eigenvalue weighted by Gasteiger charge is -2.25. The van der Waals surface area contributed by atoms with E-state index in [0.717, 1.165) is 4.31 Å². The molecule has 0 radical (unpaired) electrons. The second kappa shape index (κ2) is 8.61. The molecular weight excluding hydrogens is 393 g/mol. The number of hydrogen-bond donors (Lipinski definition) is 7. The molecule has 9 N–H and O–H groups in total. The van der Waals surface area contributed by atoms with E-state index in [4.69, 9.17) is 21.5 Å². The monoisotopic (exact) mass is 421 g/mol. The molecular formula is C14H28BN5O7S. The average Bonchev–Trinajstić information content (AvgIpc) is 3.16. The zero-order chi connectivity index (χ0) is 21.3. The van der Waals surface area contributed by atoms with Crippen LogP contribution in [0.5, 0.6) is 0 Å². The SMILES string of the molecule is C[C@H](N)C(=O)N[C@@H]1C[C@H]1NS(=O)(=O)N1C[C@H](CCCB(O)O)[C@](N)(C(=O)O)C1. The number of carboxylic acid groups (broad SMARTS) is 1. The summed E-state index contributed by atoms with van der Waals surface area (Å²) in [5.74, 6) is -2.37. The van der Waals surface area contributed by atoms with Gasteiger partial charge in [0.25, 0.3) is 10.2 Å². The number of carbonyl (C=O) groups excluding carboxylic acids is 1. The van der Waals surface area contributed by atoms with E-state index in [1.165, 1.54) is 6.92 Å². The highest BCUT2D eigenvalue weighted by Crippen LogP contribution is 2.33. The first-order valence-corrected chi connectivity index (χ1v) is 10.5. The summed E-state index contributed by atoms with van der Waals surface area (Å²) in [7, 11) is -5.52. The lowest BCUT2D eigenvalue weighted by Crippen LogP contribution is -2.55. The van der Waals surface area contributed by atoms with E-state index in [0.29, 0.717) is 12.8 Å². The Balaban J connectivity index is 1.98. The van der Waals surface area contributed by atoms with Crippen molar-refractivity contribution in [3.63, 3.8) is 0 Å². The Morgan fingerprint density at radius 2 is 2.00 bits per heavy atom. The maximum absolute atomic E-state index is 12.6. The first-order chi connectivity index (χ1) is 12.9. The third-order valence-corrected chi connectivity index (χ3v) is 6.73. The minimum absolute atomic E-state index is 0.0419. The molecule has 0 aromatic rings. The topological polar surface area (TPSA) is 208 Å². The van der Waals surface area contributed by atoms with E-state index in [9.17, 15) is 23.1 Å². The molecule has 5 atom stereocenters. The molecule has 0 aromatic heterocycles.